The molecule has 0 aliphatic rings. The number of benzene rings is 2. The van der Waals surface area contributed by atoms with Crippen molar-refractivity contribution in [2.75, 3.05) is 0 Å². The molecule has 0 N–H and O–H groups in total. The van der Waals surface area contributed by atoms with Crippen molar-refractivity contribution in [2.45, 2.75) is 6.61 Å². The van der Waals surface area contributed by atoms with E-state index in [1.54, 1.807) is 24.3 Å². The Morgan fingerprint density at radius 3 is 2.40 bits per heavy atom. The summed E-state index contributed by atoms with van der Waals surface area (Å²) in [6.07, 6.45) is 0. The van der Waals surface area contributed by atoms with E-state index in [4.69, 9.17) is 4.74 Å². The van der Waals surface area contributed by atoms with Crippen molar-refractivity contribution in [2.24, 2.45) is 0 Å². The highest BCUT2D eigenvalue weighted by Crippen LogP contribution is 2.23. The number of nitrogens with zero attached hydrogens (tertiary/aromatic N) is 2. The van der Waals surface area contributed by atoms with Crippen LogP contribution in [0.2, 0.25) is 0 Å². The molecule has 0 spiro atoms. The fourth-order valence-corrected chi connectivity index (χ4v) is 1.66. The molecule has 0 saturated heterocycles. The summed E-state index contributed by atoms with van der Waals surface area (Å²) in [5, 5.41) is 21.5. The Balaban J connectivity index is 2.15. The van der Waals surface area contributed by atoms with E-state index in [-0.39, 0.29) is 23.7 Å². The van der Waals surface area contributed by atoms with E-state index in [9.17, 15) is 20.2 Å². The summed E-state index contributed by atoms with van der Waals surface area (Å²) in [7, 11) is 0. The van der Waals surface area contributed by atoms with Gasteiger partial charge in [-0.2, -0.15) is 0 Å². The lowest BCUT2D eigenvalue weighted by atomic mass is 10.2. The summed E-state index contributed by atoms with van der Waals surface area (Å²) in [5.41, 5.74) is 0.270. The van der Waals surface area contributed by atoms with Crippen molar-refractivity contribution in [3.05, 3.63) is 74.3 Å². The molecule has 0 heterocycles. The molecule has 2 aromatic carbocycles. The summed E-state index contributed by atoms with van der Waals surface area (Å²) >= 11 is 0. The van der Waals surface area contributed by atoms with E-state index in [1.807, 2.05) is 0 Å². The van der Waals surface area contributed by atoms with Gasteiger partial charge >= 0.3 is 0 Å². The first kappa shape index (κ1) is 13.5. The Kier molecular flexibility index (Phi) is 3.90. The third kappa shape index (κ3) is 3.08. The molecular weight excluding hydrogens is 264 g/mol. The van der Waals surface area contributed by atoms with Crippen LogP contribution in [0, 0.1) is 20.2 Å². The van der Waals surface area contributed by atoms with Gasteiger partial charge < -0.3 is 4.74 Å². The van der Waals surface area contributed by atoms with Crippen molar-refractivity contribution in [1.29, 1.82) is 0 Å². The second-order valence-corrected chi connectivity index (χ2v) is 3.93. The second kappa shape index (κ2) is 5.79. The van der Waals surface area contributed by atoms with E-state index < -0.39 is 9.85 Å². The number of non-ortho nitro benzene ring substituents is 1. The zero-order valence-electron chi connectivity index (χ0n) is 10.3. The molecule has 0 fully saturated rings. The van der Waals surface area contributed by atoms with Crippen LogP contribution in [0.3, 0.4) is 0 Å². The van der Waals surface area contributed by atoms with Crippen molar-refractivity contribution in [1.82, 2.24) is 0 Å². The average molecular weight is 274 g/mol. The molecule has 0 aliphatic heterocycles. The van der Waals surface area contributed by atoms with E-state index in [2.05, 4.69) is 0 Å². The van der Waals surface area contributed by atoms with Gasteiger partial charge in [-0.05, 0) is 12.1 Å². The SMILES string of the molecule is O=[N+]([O-])c1cccc(OCc2ccccc2[N+](=O)[O-])c1. The highest BCUT2D eigenvalue weighted by molar-refractivity contribution is 5.41. The molecule has 20 heavy (non-hydrogen) atoms. The van der Waals surface area contributed by atoms with Gasteiger partial charge in [0, 0.05) is 12.1 Å². The predicted octanol–water partition coefficient (Wildman–Crippen LogP) is 3.08. The summed E-state index contributed by atoms with van der Waals surface area (Å²) in [5.74, 6) is 0.289. The number of rotatable bonds is 5. The second-order valence-electron chi connectivity index (χ2n) is 3.93. The van der Waals surface area contributed by atoms with Crippen LogP contribution in [0.1, 0.15) is 5.56 Å². The van der Waals surface area contributed by atoms with Gasteiger partial charge in [-0.15, -0.1) is 0 Å². The zero-order valence-corrected chi connectivity index (χ0v) is 10.3. The molecule has 7 nitrogen and oxygen atoms in total. The standard InChI is InChI=1S/C13H10N2O5/c16-14(17)11-5-3-6-12(8-11)20-9-10-4-1-2-7-13(10)15(18)19/h1-8H,9H2. The van der Waals surface area contributed by atoms with Crippen LogP contribution in [0.4, 0.5) is 11.4 Å². The van der Waals surface area contributed by atoms with Crippen LogP contribution in [0.15, 0.2) is 48.5 Å². The molecule has 7 heteroatoms. The van der Waals surface area contributed by atoms with Crippen LogP contribution >= 0.6 is 0 Å². The van der Waals surface area contributed by atoms with Crippen LogP contribution in [-0.2, 0) is 6.61 Å². The molecule has 0 aromatic heterocycles. The zero-order chi connectivity index (χ0) is 14.5. The Labute approximate surface area is 113 Å². The Morgan fingerprint density at radius 2 is 1.70 bits per heavy atom. The number of ether oxygens (including phenoxy) is 1. The van der Waals surface area contributed by atoms with Gasteiger partial charge in [-0.25, -0.2) is 0 Å². The van der Waals surface area contributed by atoms with Gasteiger partial charge in [0.25, 0.3) is 11.4 Å². The highest BCUT2D eigenvalue weighted by Gasteiger charge is 2.13. The number of nitro benzene ring substituents is 2. The lowest BCUT2D eigenvalue weighted by Gasteiger charge is -2.06. The minimum Gasteiger partial charge on any atom is -0.488 e. The van der Waals surface area contributed by atoms with Gasteiger partial charge in [0.1, 0.15) is 12.4 Å². The molecule has 2 rings (SSSR count). The number of para-hydroxylation sites is 1. The maximum atomic E-state index is 10.8. The summed E-state index contributed by atoms with van der Waals surface area (Å²) in [6.45, 7) is -0.0294. The van der Waals surface area contributed by atoms with E-state index in [0.717, 1.165) is 0 Å². The van der Waals surface area contributed by atoms with Crippen molar-refractivity contribution in [3.8, 4) is 5.75 Å². The summed E-state index contributed by atoms with van der Waals surface area (Å²) < 4.78 is 5.36. The lowest BCUT2D eigenvalue weighted by Crippen LogP contribution is -2.00. The van der Waals surface area contributed by atoms with Gasteiger partial charge in [0.05, 0.1) is 21.5 Å². The third-order valence-electron chi connectivity index (χ3n) is 2.61. The third-order valence-corrected chi connectivity index (χ3v) is 2.61. The molecule has 0 atom stereocenters. The molecule has 0 bridgehead atoms. The van der Waals surface area contributed by atoms with Crippen LogP contribution < -0.4 is 4.74 Å². The van der Waals surface area contributed by atoms with Gasteiger partial charge in [0.2, 0.25) is 0 Å². The molecule has 102 valence electrons. The summed E-state index contributed by atoms with van der Waals surface area (Å²) in [4.78, 5) is 20.4. The minimum atomic E-state index is -0.530. The van der Waals surface area contributed by atoms with Gasteiger partial charge in [-0.1, -0.05) is 18.2 Å². The van der Waals surface area contributed by atoms with Crippen molar-refractivity contribution < 1.29 is 14.6 Å². The average Bonchev–Trinajstić information content (AvgIpc) is 2.45. The molecule has 0 amide bonds. The molecular formula is C13H10N2O5. The van der Waals surface area contributed by atoms with E-state index >= 15 is 0 Å². The largest absolute Gasteiger partial charge is 0.488 e. The van der Waals surface area contributed by atoms with Gasteiger partial charge in [0.15, 0.2) is 0 Å². The van der Waals surface area contributed by atoms with Crippen molar-refractivity contribution in [3.63, 3.8) is 0 Å². The quantitative estimate of drug-likeness (QED) is 0.616. The van der Waals surface area contributed by atoms with E-state index in [0.29, 0.717) is 5.56 Å². The first-order valence-electron chi connectivity index (χ1n) is 5.67. The molecule has 2 aromatic rings. The number of hydrogen-bond donors (Lipinski definition) is 0. The Morgan fingerprint density at radius 1 is 0.950 bits per heavy atom. The maximum absolute atomic E-state index is 10.8. The van der Waals surface area contributed by atoms with Crippen LogP contribution in [0.5, 0.6) is 5.75 Å². The topological polar surface area (TPSA) is 95.5 Å². The van der Waals surface area contributed by atoms with Gasteiger partial charge in [-0.3, -0.25) is 20.2 Å². The van der Waals surface area contributed by atoms with Crippen molar-refractivity contribution >= 4 is 11.4 Å². The summed E-state index contributed by atoms with van der Waals surface area (Å²) in [6, 6.07) is 11.9. The first-order valence-corrected chi connectivity index (χ1v) is 5.67. The minimum absolute atomic E-state index is 0.0294. The van der Waals surface area contributed by atoms with Crippen LogP contribution in [0.25, 0.3) is 0 Å². The monoisotopic (exact) mass is 274 g/mol. The van der Waals surface area contributed by atoms with E-state index in [1.165, 1.54) is 24.3 Å². The van der Waals surface area contributed by atoms with Crippen LogP contribution in [-0.4, -0.2) is 9.85 Å². The highest BCUT2D eigenvalue weighted by atomic mass is 16.6. The number of nitro groups is 2. The number of hydrogen-bond acceptors (Lipinski definition) is 5. The predicted molar refractivity (Wildman–Crippen MR) is 70.5 cm³/mol. The molecule has 0 unspecified atom stereocenters. The Hall–Kier alpha value is -2.96. The molecule has 0 aliphatic carbocycles. The lowest BCUT2D eigenvalue weighted by molar-refractivity contribution is -0.385. The normalized spacial score (nSPS) is 10.0. The maximum Gasteiger partial charge on any atom is 0.276 e. The molecule has 0 radical (unpaired) electrons. The fraction of sp³-hybridized carbons (Fsp3) is 0.0769. The first-order chi connectivity index (χ1) is 9.58. The fourth-order valence-electron chi connectivity index (χ4n) is 1.66. The molecule has 0 saturated carbocycles. The Bertz CT molecular complexity index is 657. The smallest absolute Gasteiger partial charge is 0.276 e.